The van der Waals surface area contributed by atoms with E-state index in [1.54, 1.807) is 18.0 Å². The lowest BCUT2D eigenvalue weighted by atomic mass is 10.8. The van der Waals surface area contributed by atoms with Gasteiger partial charge in [0.25, 0.3) is 0 Å². The number of thioether (sulfide) groups is 1. The number of hydrogen-bond acceptors (Lipinski definition) is 2. The highest BCUT2D eigenvalue weighted by molar-refractivity contribution is 8.13. The Balaban J connectivity index is 3.49. The zero-order valence-electron chi connectivity index (χ0n) is 4.64. The molecule has 0 bridgehead atoms. The SMILES string of the molecule is C=C/N=C(/C)SC. The van der Waals surface area contributed by atoms with Crippen LogP contribution in [0.5, 0.6) is 0 Å². The van der Waals surface area contributed by atoms with E-state index in [1.165, 1.54) is 0 Å². The van der Waals surface area contributed by atoms with Gasteiger partial charge in [0.15, 0.2) is 0 Å². The second kappa shape index (κ2) is 3.93. The highest BCUT2D eigenvalue weighted by Gasteiger charge is 1.77. The summed E-state index contributed by atoms with van der Waals surface area (Å²) in [6, 6.07) is 0. The Morgan fingerprint density at radius 3 is 2.57 bits per heavy atom. The summed E-state index contributed by atoms with van der Waals surface area (Å²) in [5, 5.41) is 1.05. The van der Waals surface area contributed by atoms with Crippen molar-refractivity contribution in [2.45, 2.75) is 6.92 Å². The molecule has 0 aliphatic rings. The standard InChI is InChI=1S/C5H9NS/c1-4-6-5(2)7-3/h4H,1H2,2-3H3/b6-5-. The molecule has 2 heteroatoms. The first-order valence-corrected chi connectivity index (χ1v) is 3.23. The van der Waals surface area contributed by atoms with E-state index in [0.29, 0.717) is 0 Å². The first kappa shape index (κ1) is 6.76. The molecule has 0 heterocycles. The van der Waals surface area contributed by atoms with Crippen LogP contribution in [-0.4, -0.2) is 11.3 Å². The van der Waals surface area contributed by atoms with Crippen LogP contribution in [-0.2, 0) is 0 Å². The molecule has 0 saturated heterocycles. The van der Waals surface area contributed by atoms with Crippen LogP contribution in [0.2, 0.25) is 0 Å². The molecule has 0 aromatic heterocycles. The quantitative estimate of drug-likeness (QED) is 0.375. The maximum atomic E-state index is 3.89. The van der Waals surface area contributed by atoms with E-state index >= 15 is 0 Å². The number of rotatable bonds is 1. The van der Waals surface area contributed by atoms with E-state index < -0.39 is 0 Å². The average Bonchev–Trinajstić information content (AvgIpc) is 1.68. The highest BCUT2D eigenvalue weighted by Crippen LogP contribution is 1.94. The monoisotopic (exact) mass is 115 g/mol. The lowest BCUT2D eigenvalue weighted by molar-refractivity contribution is 1.59. The molecular weight excluding hydrogens is 106 g/mol. The molecule has 0 unspecified atom stereocenters. The van der Waals surface area contributed by atoms with E-state index in [-0.39, 0.29) is 0 Å². The highest BCUT2D eigenvalue weighted by atomic mass is 32.2. The van der Waals surface area contributed by atoms with Crippen LogP contribution in [0.25, 0.3) is 0 Å². The fourth-order valence-electron chi connectivity index (χ4n) is 0.181. The normalized spacial score (nSPS) is 11.4. The van der Waals surface area contributed by atoms with E-state index in [1.807, 2.05) is 13.2 Å². The Kier molecular flexibility index (Phi) is 3.80. The molecule has 0 aromatic rings. The Morgan fingerprint density at radius 2 is 2.43 bits per heavy atom. The topological polar surface area (TPSA) is 12.4 Å². The Morgan fingerprint density at radius 1 is 1.86 bits per heavy atom. The second-order valence-electron chi connectivity index (χ2n) is 1.03. The van der Waals surface area contributed by atoms with Crippen LogP contribution < -0.4 is 0 Å². The van der Waals surface area contributed by atoms with Crippen molar-refractivity contribution in [3.63, 3.8) is 0 Å². The van der Waals surface area contributed by atoms with Crippen LogP contribution in [0.4, 0.5) is 0 Å². The molecule has 0 atom stereocenters. The minimum atomic E-state index is 1.05. The zero-order valence-corrected chi connectivity index (χ0v) is 5.46. The third-order valence-electron chi connectivity index (χ3n) is 0.569. The summed E-state index contributed by atoms with van der Waals surface area (Å²) < 4.78 is 0. The van der Waals surface area contributed by atoms with Gasteiger partial charge < -0.3 is 0 Å². The molecule has 0 aliphatic carbocycles. The van der Waals surface area contributed by atoms with Gasteiger partial charge in [0.1, 0.15) is 0 Å². The van der Waals surface area contributed by atoms with Crippen molar-refractivity contribution in [3.8, 4) is 0 Å². The minimum Gasteiger partial charge on any atom is -0.255 e. The maximum absolute atomic E-state index is 3.89. The largest absolute Gasteiger partial charge is 0.255 e. The van der Waals surface area contributed by atoms with Gasteiger partial charge >= 0.3 is 0 Å². The van der Waals surface area contributed by atoms with Gasteiger partial charge in [-0.1, -0.05) is 6.58 Å². The first-order valence-electron chi connectivity index (χ1n) is 2.00. The fraction of sp³-hybridized carbons (Fsp3) is 0.400. The van der Waals surface area contributed by atoms with Gasteiger partial charge in [0, 0.05) is 6.20 Å². The molecule has 40 valence electrons. The van der Waals surface area contributed by atoms with Crippen LogP contribution >= 0.6 is 11.8 Å². The molecule has 0 amide bonds. The molecule has 0 aromatic carbocycles. The van der Waals surface area contributed by atoms with Gasteiger partial charge in [-0.15, -0.1) is 11.8 Å². The summed E-state index contributed by atoms with van der Waals surface area (Å²) in [5.74, 6) is 0. The first-order chi connectivity index (χ1) is 3.31. The summed E-state index contributed by atoms with van der Waals surface area (Å²) >= 11 is 1.63. The van der Waals surface area contributed by atoms with Crippen molar-refractivity contribution in [3.05, 3.63) is 12.8 Å². The smallest absolute Gasteiger partial charge is 0.0697 e. The lowest BCUT2D eigenvalue weighted by Crippen LogP contribution is -1.75. The zero-order chi connectivity index (χ0) is 5.70. The van der Waals surface area contributed by atoms with Crippen LogP contribution in [0.15, 0.2) is 17.8 Å². The number of hydrogen-bond donors (Lipinski definition) is 0. The molecule has 0 radical (unpaired) electrons. The van der Waals surface area contributed by atoms with E-state index in [2.05, 4.69) is 11.6 Å². The lowest BCUT2D eigenvalue weighted by Gasteiger charge is -1.84. The molecule has 0 fully saturated rings. The summed E-state index contributed by atoms with van der Waals surface area (Å²) in [6.45, 7) is 5.40. The Bertz CT molecular complexity index is 86.1. The van der Waals surface area contributed by atoms with Crippen molar-refractivity contribution < 1.29 is 0 Å². The number of aliphatic imine (C=N–C) groups is 1. The van der Waals surface area contributed by atoms with Crippen LogP contribution in [0.3, 0.4) is 0 Å². The molecule has 0 rings (SSSR count). The molecule has 0 spiro atoms. The van der Waals surface area contributed by atoms with Gasteiger partial charge in [0.05, 0.1) is 5.04 Å². The van der Waals surface area contributed by atoms with Crippen molar-refractivity contribution in [2.24, 2.45) is 4.99 Å². The van der Waals surface area contributed by atoms with Crippen molar-refractivity contribution in [1.29, 1.82) is 0 Å². The van der Waals surface area contributed by atoms with Gasteiger partial charge in [-0.25, -0.2) is 0 Å². The predicted octanol–water partition coefficient (Wildman–Crippen LogP) is 1.91. The van der Waals surface area contributed by atoms with Crippen molar-refractivity contribution in [1.82, 2.24) is 0 Å². The number of nitrogens with zero attached hydrogens (tertiary/aromatic N) is 1. The summed E-state index contributed by atoms with van der Waals surface area (Å²) in [5.41, 5.74) is 0. The molecule has 7 heavy (non-hydrogen) atoms. The second-order valence-corrected chi connectivity index (χ2v) is 2.03. The predicted molar refractivity (Wildman–Crippen MR) is 36.8 cm³/mol. The average molecular weight is 115 g/mol. The molecular formula is C5H9NS. The molecule has 0 N–H and O–H groups in total. The summed E-state index contributed by atoms with van der Waals surface area (Å²) in [7, 11) is 0. The van der Waals surface area contributed by atoms with Crippen LogP contribution in [0, 0.1) is 0 Å². The van der Waals surface area contributed by atoms with Gasteiger partial charge in [-0.05, 0) is 13.2 Å². The van der Waals surface area contributed by atoms with E-state index in [9.17, 15) is 0 Å². The summed E-state index contributed by atoms with van der Waals surface area (Å²) in [4.78, 5) is 3.89. The van der Waals surface area contributed by atoms with Gasteiger partial charge in [0.2, 0.25) is 0 Å². The molecule has 0 aliphatic heterocycles. The van der Waals surface area contributed by atoms with E-state index in [4.69, 9.17) is 0 Å². The fourth-order valence-corrected chi connectivity index (χ4v) is 0.361. The maximum Gasteiger partial charge on any atom is 0.0697 e. The van der Waals surface area contributed by atoms with Crippen LogP contribution in [0.1, 0.15) is 6.92 Å². The Hall–Kier alpha value is -0.240. The Labute approximate surface area is 48.5 Å². The van der Waals surface area contributed by atoms with Gasteiger partial charge in [-0.3, -0.25) is 4.99 Å². The third kappa shape index (κ3) is 3.59. The minimum absolute atomic E-state index is 1.05. The third-order valence-corrected chi connectivity index (χ3v) is 1.26. The van der Waals surface area contributed by atoms with Gasteiger partial charge in [-0.2, -0.15) is 0 Å². The van der Waals surface area contributed by atoms with E-state index in [0.717, 1.165) is 5.04 Å². The van der Waals surface area contributed by atoms with Crippen molar-refractivity contribution >= 4 is 16.8 Å². The summed E-state index contributed by atoms with van der Waals surface area (Å²) in [6.07, 6.45) is 3.54. The van der Waals surface area contributed by atoms with Crippen molar-refractivity contribution in [2.75, 3.05) is 6.26 Å². The molecule has 1 nitrogen and oxygen atoms in total. The molecule has 0 saturated carbocycles.